The van der Waals surface area contributed by atoms with E-state index in [1.54, 1.807) is 6.92 Å². The van der Waals surface area contributed by atoms with Crippen molar-refractivity contribution in [3.05, 3.63) is 17.3 Å². The van der Waals surface area contributed by atoms with Crippen LogP contribution < -0.4 is 0 Å². The average Bonchev–Trinajstić information content (AvgIpc) is 2.29. The second-order valence-electron chi connectivity index (χ2n) is 3.42. The lowest BCUT2D eigenvalue weighted by molar-refractivity contribution is 0.0689. The summed E-state index contributed by atoms with van der Waals surface area (Å²) in [5.41, 5.74) is 0.0238. The summed E-state index contributed by atoms with van der Waals surface area (Å²) in [4.78, 5) is 14.5. The Kier molecular flexibility index (Phi) is 2.70. The van der Waals surface area contributed by atoms with Gasteiger partial charge in [0.25, 0.3) is 0 Å². The van der Waals surface area contributed by atoms with Gasteiger partial charge < -0.3 is 9.52 Å². The largest absolute Gasteiger partial charge is 0.476 e. The maximum Gasteiger partial charge on any atom is 0.358 e. The molecule has 0 aliphatic heterocycles. The Labute approximate surface area is 76.6 Å². The summed E-state index contributed by atoms with van der Waals surface area (Å²) in [6.45, 7) is 5.67. The molecule has 13 heavy (non-hydrogen) atoms. The van der Waals surface area contributed by atoms with Crippen LogP contribution >= 0.6 is 0 Å². The molecule has 0 aliphatic rings. The van der Waals surface area contributed by atoms with E-state index in [1.165, 1.54) is 0 Å². The smallest absolute Gasteiger partial charge is 0.358 e. The van der Waals surface area contributed by atoms with E-state index in [9.17, 15) is 4.79 Å². The van der Waals surface area contributed by atoms with Crippen molar-refractivity contribution in [2.75, 3.05) is 0 Å². The average molecular weight is 183 g/mol. The molecule has 0 saturated carbocycles. The van der Waals surface area contributed by atoms with Crippen molar-refractivity contribution in [3.8, 4) is 0 Å². The Balaban J connectivity index is 2.89. The first kappa shape index (κ1) is 9.77. The van der Waals surface area contributed by atoms with Crippen LogP contribution in [0.25, 0.3) is 0 Å². The summed E-state index contributed by atoms with van der Waals surface area (Å²) in [6, 6.07) is 0. The highest BCUT2D eigenvalue weighted by molar-refractivity contribution is 5.86. The third kappa shape index (κ3) is 2.31. The minimum Gasteiger partial charge on any atom is -0.476 e. The van der Waals surface area contributed by atoms with Crippen LogP contribution in [0, 0.1) is 12.8 Å². The highest BCUT2D eigenvalue weighted by atomic mass is 16.4. The van der Waals surface area contributed by atoms with Crippen LogP contribution in [0.2, 0.25) is 0 Å². The fraction of sp³-hybridized carbons (Fsp3) is 0.556. The fourth-order valence-electron chi connectivity index (χ4n) is 1.09. The monoisotopic (exact) mass is 183 g/mol. The molecular weight excluding hydrogens is 170 g/mol. The normalized spacial score (nSPS) is 10.8. The molecule has 0 unspecified atom stereocenters. The van der Waals surface area contributed by atoms with Gasteiger partial charge in [-0.3, -0.25) is 0 Å². The molecule has 1 heterocycles. The quantitative estimate of drug-likeness (QED) is 0.777. The highest BCUT2D eigenvalue weighted by Gasteiger charge is 2.15. The number of carbonyl (C=O) groups is 1. The summed E-state index contributed by atoms with van der Waals surface area (Å²) in [5, 5.41) is 8.69. The Morgan fingerprint density at radius 2 is 2.23 bits per heavy atom. The molecule has 4 nitrogen and oxygen atoms in total. The molecule has 0 bridgehead atoms. The van der Waals surface area contributed by atoms with Gasteiger partial charge in [-0.1, -0.05) is 13.8 Å². The van der Waals surface area contributed by atoms with Crippen LogP contribution in [0.15, 0.2) is 4.42 Å². The second kappa shape index (κ2) is 3.60. The van der Waals surface area contributed by atoms with E-state index in [-0.39, 0.29) is 5.69 Å². The summed E-state index contributed by atoms with van der Waals surface area (Å²) in [7, 11) is 0. The molecule has 0 radical (unpaired) electrons. The van der Waals surface area contributed by atoms with E-state index < -0.39 is 5.97 Å². The lowest BCUT2D eigenvalue weighted by Gasteiger charge is -1.97. The predicted molar refractivity (Wildman–Crippen MR) is 46.7 cm³/mol. The van der Waals surface area contributed by atoms with Gasteiger partial charge in [-0.2, -0.15) is 0 Å². The molecule has 1 aromatic heterocycles. The van der Waals surface area contributed by atoms with Crippen molar-refractivity contribution in [1.29, 1.82) is 0 Å². The van der Waals surface area contributed by atoms with Crippen molar-refractivity contribution >= 4 is 5.97 Å². The third-order valence-electron chi connectivity index (χ3n) is 1.63. The van der Waals surface area contributed by atoms with E-state index in [1.807, 2.05) is 13.8 Å². The first-order valence-electron chi connectivity index (χ1n) is 4.20. The molecule has 0 aliphatic carbocycles. The lowest BCUT2D eigenvalue weighted by Crippen LogP contribution is -2.00. The minimum absolute atomic E-state index is 0.0238. The van der Waals surface area contributed by atoms with Crippen LogP contribution in [-0.4, -0.2) is 16.1 Å². The fourth-order valence-corrected chi connectivity index (χ4v) is 1.09. The number of carboxylic acid groups (broad SMARTS) is 1. The van der Waals surface area contributed by atoms with Gasteiger partial charge in [0.2, 0.25) is 0 Å². The van der Waals surface area contributed by atoms with Crippen molar-refractivity contribution < 1.29 is 14.3 Å². The molecular formula is C9H13NO3. The first-order valence-corrected chi connectivity index (χ1v) is 4.20. The molecule has 0 saturated heterocycles. The molecule has 0 atom stereocenters. The van der Waals surface area contributed by atoms with Gasteiger partial charge in [-0.05, 0) is 12.8 Å². The number of aromatic carboxylic acids is 1. The zero-order valence-corrected chi connectivity index (χ0v) is 8.00. The van der Waals surface area contributed by atoms with E-state index >= 15 is 0 Å². The molecule has 4 heteroatoms. The van der Waals surface area contributed by atoms with Gasteiger partial charge in [0.1, 0.15) is 5.76 Å². The van der Waals surface area contributed by atoms with E-state index in [2.05, 4.69) is 4.98 Å². The molecule has 0 amide bonds. The molecule has 0 aromatic carbocycles. The van der Waals surface area contributed by atoms with Gasteiger partial charge in [-0.25, -0.2) is 9.78 Å². The topological polar surface area (TPSA) is 63.3 Å². The van der Waals surface area contributed by atoms with E-state index in [4.69, 9.17) is 9.52 Å². The number of oxazole rings is 1. The zero-order chi connectivity index (χ0) is 10.0. The standard InChI is InChI=1S/C9H13NO3/c1-5(2)4-7-10-8(9(11)12)6(3)13-7/h5H,4H2,1-3H3,(H,11,12). The summed E-state index contributed by atoms with van der Waals surface area (Å²) < 4.78 is 5.19. The van der Waals surface area contributed by atoms with Gasteiger partial charge in [0.15, 0.2) is 11.6 Å². The lowest BCUT2D eigenvalue weighted by atomic mass is 10.1. The number of nitrogens with zero attached hydrogens (tertiary/aromatic N) is 1. The summed E-state index contributed by atoms with van der Waals surface area (Å²) in [6.07, 6.45) is 0.675. The number of hydrogen-bond acceptors (Lipinski definition) is 3. The third-order valence-corrected chi connectivity index (χ3v) is 1.63. The van der Waals surface area contributed by atoms with E-state index in [0.717, 1.165) is 0 Å². The number of carboxylic acids is 1. The molecule has 0 spiro atoms. The Hall–Kier alpha value is -1.32. The molecule has 72 valence electrons. The number of aromatic nitrogens is 1. The van der Waals surface area contributed by atoms with Crippen molar-refractivity contribution in [1.82, 2.24) is 4.98 Å². The maximum atomic E-state index is 10.6. The van der Waals surface area contributed by atoms with E-state index in [0.29, 0.717) is 24.0 Å². The number of aryl methyl sites for hydroxylation is 1. The van der Waals surface area contributed by atoms with Gasteiger partial charge in [0.05, 0.1) is 0 Å². The Bertz CT molecular complexity index is 315. The number of rotatable bonds is 3. The van der Waals surface area contributed by atoms with Crippen LogP contribution in [0.5, 0.6) is 0 Å². The minimum atomic E-state index is -1.03. The summed E-state index contributed by atoms with van der Waals surface area (Å²) in [5.74, 6) is 0.268. The van der Waals surface area contributed by atoms with Gasteiger partial charge in [0, 0.05) is 6.42 Å². The Morgan fingerprint density at radius 3 is 2.62 bits per heavy atom. The predicted octanol–water partition coefficient (Wildman–Crippen LogP) is 1.88. The molecule has 1 N–H and O–H groups in total. The second-order valence-corrected chi connectivity index (χ2v) is 3.42. The molecule has 1 rings (SSSR count). The van der Waals surface area contributed by atoms with Crippen molar-refractivity contribution in [2.45, 2.75) is 27.2 Å². The highest BCUT2D eigenvalue weighted by Crippen LogP contribution is 2.13. The number of hydrogen-bond donors (Lipinski definition) is 1. The van der Waals surface area contributed by atoms with Gasteiger partial charge >= 0.3 is 5.97 Å². The van der Waals surface area contributed by atoms with Crippen LogP contribution in [-0.2, 0) is 6.42 Å². The Morgan fingerprint density at radius 1 is 1.62 bits per heavy atom. The zero-order valence-electron chi connectivity index (χ0n) is 8.00. The molecule has 0 fully saturated rings. The van der Waals surface area contributed by atoms with Crippen molar-refractivity contribution in [3.63, 3.8) is 0 Å². The van der Waals surface area contributed by atoms with Gasteiger partial charge in [-0.15, -0.1) is 0 Å². The SMILES string of the molecule is Cc1oc(CC(C)C)nc1C(=O)O. The summed E-state index contributed by atoms with van der Waals surface area (Å²) >= 11 is 0. The maximum absolute atomic E-state index is 10.6. The van der Waals surface area contributed by atoms with Crippen LogP contribution in [0.3, 0.4) is 0 Å². The first-order chi connectivity index (χ1) is 6.00. The van der Waals surface area contributed by atoms with Crippen LogP contribution in [0.1, 0.15) is 36.0 Å². The molecule has 1 aromatic rings. The van der Waals surface area contributed by atoms with Crippen molar-refractivity contribution in [2.24, 2.45) is 5.92 Å². The van der Waals surface area contributed by atoms with Crippen LogP contribution in [0.4, 0.5) is 0 Å².